The molecule has 2 aromatic rings. The molecule has 3 atom stereocenters. The Kier molecular flexibility index (Phi) is 6.89. The van der Waals surface area contributed by atoms with Crippen LogP contribution in [0, 0.1) is 0 Å². The lowest BCUT2D eigenvalue weighted by molar-refractivity contribution is -0.147. The molecule has 2 aliphatic rings. The lowest BCUT2D eigenvalue weighted by Crippen LogP contribution is -2.60. The Morgan fingerprint density at radius 3 is 2.82 bits per heavy atom. The number of amides is 2. The molecule has 0 radical (unpaired) electrons. The number of aliphatic hydroxyl groups excluding tert-OH is 1. The number of imidazole rings is 1. The van der Waals surface area contributed by atoms with Gasteiger partial charge in [-0.3, -0.25) is 14.5 Å². The summed E-state index contributed by atoms with van der Waals surface area (Å²) in [6, 6.07) is 5.74. The normalized spacial score (nSPS) is 24.6. The molecule has 1 saturated carbocycles. The average molecular weight is 467 g/mol. The van der Waals surface area contributed by atoms with Crippen molar-refractivity contribution in [2.24, 2.45) is 0 Å². The second kappa shape index (κ2) is 9.68. The van der Waals surface area contributed by atoms with E-state index in [4.69, 9.17) is 0 Å². The number of rotatable bonds is 6. The van der Waals surface area contributed by atoms with Crippen molar-refractivity contribution in [2.45, 2.75) is 63.0 Å². The number of hydrogen-bond donors (Lipinski definition) is 3. The molecule has 1 saturated heterocycles. The van der Waals surface area contributed by atoms with Gasteiger partial charge in [-0.15, -0.1) is 0 Å². The van der Waals surface area contributed by atoms with Crippen molar-refractivity contribution in [1.82, 2.24) is 25.1 Å². The third-order valence-electron chi connectivity index (χ3n) is 6.40. The van der Waals surface area contributed by atoms with Crippen molar-refractivity contribution in [3.63, 3.8) is 0 Å². The second-order valence-electron chi connectivity index (χ2n) is 8.66. The number of nitrogens with zero attached hydrogens (tertiary/aromatic N) is 3. The van der Waals surface area contributed by atoms with E-state index in [1.54, 1.807) is 18.2 Å². The van der Waals surface area contributed by atoms with Crippen molar-refractivity contribution in [3.05, 3.63) is 30.1 Å². The van der Waals surface area contributed by atoms with Crippen LogP contribution in [0.3, 0.4) is 0 Å². The maximum absolute atomic E-state index is 13.4. The highest BCUT2D eigenvalue weighted by Crippen LogP contribution is 2.31. The first-order chi connectivity index (χ1) is 15.7. The molecule has 4 rings (SSSR count). The molecule has 1 aliphatic carbocycles. The summed E-state index contributed by atoms with van der Waals surface area (Å²) >= 11 is 0. The highest BCUT2D eigenvalue weighted by molar-refractivity contribution is 5.79. The zero-order chi connectivity index (χ0) is 23.6. The Hall–Kier alpha value is -2.66. The smallest absolute Gasteiger partial charge is 0.389 e. The Morgan fingerprint density at radius 1 is 1.27 bits per heavy atom. The predicted octanol–water partition coefficient (Wildman–Crippen LogP) is 1.67. The molecule has 2 heterocycles. The van der Waals surface area contributed by atoms with Gasteiger partial charge in [-0.05, 0) is 37.8 Å². The monoisotopic (exact) mass is 467 g/mol. The highest BCUT2D eigenvalue weighted by atomic mass is 19.4. The quantitative estimate of drug-likeness (QED) is 0.600. The second-order valence-corrected chi connectivity index (χ2v) is 8.66. The van der Waals surface area contributed by atoms with Gasteiger partial charge in [0, 0.05) is 32.1 Å². The molecule has 0 spiro atoms. The average Bonchev–Trinajstić information content (AvgIpc) is 3.14. The molecule has 2 amide bonds. The van der Waals surface area contributed by atoms with Crippen LogP contribution in [0.25, 0.3) is 11.0 Å². The van der Waals surface area contributed by atoms with E-state index in [1.807, 2.05) is 4.90 Å². The molecule has 2 fully saturated rings. The lowest BCUT2D eigenvalue weighted by atomic mass is 9.86. The van der Waals surface area contributed by atoms with Crippen LogP contribution in [0.4, 0.5) is 13.2 Å². The van der Waals surface area contributed by atoms with Gasteiger partial charge in [-0.2, -0.15) is 13.2 Å². The van der Waals surface area contributed by atoms with E-state index < -0.39 is 24.1 Å². The summed E-state index contributed by atoms with van der Waals surface area (Å²) in [5.41, 5.74) is 0.637. The number of fused-ring (bicyclic) bond motifs is 1. The van der Waals surface area contributed by atoms with Gasteiger partial charge in [0.2, 0.25) is 17.6 Å². The van der Waals surface area contributed by atoms with Crippen LogP contribution < -0.4 is 10.6 Å². The van der Waals surface area contributed by atoms with Gasteiger partial charge in [-0.25, -0.2) is 4.98 Å². The highest BCUT2D eigenvalue weighted by Gasteiger charge is 2.38. The number of benzene rings is 1. The summed E-state index contributed by atoms with van der Waals surface area (Å²) in [5.74, 6) is -1.36. The summed E-state index contributed by atoms with van der Waals surface area (Å²) in [6.07, 6.45) is -2.99. The molecular formula is C22H28F3N5O3. The van der Waals surface area contributed by atoms with Gasteiger partial charge in [0.15, 0.2) is 0 Å². The van der Waals surface area contributed by atoms with Crippen LogP contribution in [0.15, 0.2) is 24.3 Å². The van der Waals surface area contributed by atoms with Gasteiger partial charge in [-0.1, -0.05) is 12.1 Å². The molecule has 3 N–H and O–H groups in total. The fourth-order valence-electron chi connectivity index (χ4n) is 4.85. The Labute approximate surface area is 189 Å². The van der Waals surface area contributed by atoms with Crippen LogP contribution in [-0.4, -0.2) is 69.2 Å². The van der Waals surface area contributed by atoms with Gasteiger partial charge in [0.25, 0.3) is 0 Å². The van der Waals surface area contributed by atoms with Crippen LogP contribution in [-0.2, 0) is 22.3 Å². The number of carbonyl (C=O) groups excluding carboxylic acids is 2. The number of aliphatic hydroxyl groups is 1. The van der Waals surface area contributed by atoms with Crippen molar-refractivity contribution >= 4 is 22.8 Å². The third kappa shape index (κ3) is 5.30. The minimum atomic E-state index is -4.59. The largest absolute Gasteiger partial charge is 0.449 e. The van der Waals surface area contributed by atoms with Crippen LogP contribution in [0.5, 0.6) is 0 Å². The van der Waals surface area contributed by atoms with E-state index in [2.05, 4.69) is 15.6 Å². The summed E-state index contributed by atoms with van der Waals surface area (Å²) < 4.78 is 41.4. The molecular weight excluding hydrogens is 439 g/mol. The van der Waals surface area contributed by atoms with E-state index in [1.165, 1.54) is 6.07 Å². The standard InChI is InChI=1S/C22H28F3N5O3/c23-22(24,25)21-28-14-5-1-2-7-16(14)30(21)11-4-9-18(31)27-15-6-3-8-17(20(15)33)29-12-10-26-19(32)13-29/h1-2,5,7,15,17,20,33H,3-4,6,8-13H2,(H,26,32)(H,27,31)/t15-,17-,20-/m1/s1. The number of aryl methyl sites for hydroxylation is 1. The summed E-state index contributed by atoms with van der Waals surface area (Å²) in [4.78, 5) is 29.9. The molecule has 0 unspecified atom stereocenters. The number of para-hydroxylation sites is 2. The molecule has 1 aromatic heterocycles. The predicted molar refractivity (Wildman–Crippen MR) is 114 cm³/mol. The van der Waals surface area contributed by atoms with Crippen molar-refractivity contribution < 1.29 is 27.9 Å². The topological polar surface area (TPSA) is 99.5 Å². The van der Waals surface area contributed by atoms with Gasteiger partial charge < -0.3 is 20.3 Å². The molecule has 0 bridgehead atoms. The van der Waals surface area contributed by atoms with Gasteiger partial charge in [0.1, 0.15) is 0 Å². The van der Waals surface area contributed by atoms with E-state index in [0.717, 1.165) is 17.4 Å². The molecule has 33 heavy (non-hydrogen) atoms. The minimum absolute atomic E-state index is 0.00150. The summed E-state index contributed by atoms with van der Waals surface area (Å²) in [6.45, 7) is 1.40. The number of nitrogens with one attached hydrogen (secondary N) is 2. The fraction of sp³-hybridized carbons (Fsp3) is 0.591. The number of hydrogen-bond acceptors (Lipinski definition) is 5. The van der Waals surface area contributed by atoms with Gasteiger partial charge >= 0.3 is 6.18 Å². The van der Waals surface area contributed by atoms with E-state index in [0.29, 0.717) is 25.0 Å². The first-order valence-electron chi connectivity index (χ1n) is 11.2. The van der Waals surface area contributed by atoms with Crippen molar-refractivity contribution in [2.75, 3.05) is 19.6 Å². The lowest BCUT2D eigenvalue weighted by Gasteiger charge is -2.42. The van der Waals surface area contributed by atoms with Crippen LogP contribution in [0.2, 0.25) is 0 Å². The summed E-state index contributed by atoms with van der Waals surface area (Å²) in [7, 11) is 0. The number of aromatic nitrogens is 2. The first kappa shape index (κ1) is 23.5. The van der Waals surface area contributed by atoms with E-state index in [-0.39, 0.29) is 49.3 Å². The molecule has 1 aromatic carbocycles. The maximum Gasteiger partial charge on any atom is 0.449 e. The first-order valence-corrected chi connectivity index (χ1v) is 11.2. The fourth-order valence-corrected chi connectivity index (χ4v) is 4.85. The third-order valence-corrected chi connectivity index (χ3v) is 6.40. The zero-order valence-corrected chi connectivity index (χ0v) is 18.1. The molecule has 11 heteroatoms. The van der Waals surface area contributed by atoms with E-state index in [9.17, 15) is 27.9 Å². The SMILES string of the molecule is O=C1CN([C@@H]2CCC[C@@H](NC(=O)CCCn3c(C(F)(F)F)nc4ccccc43)[C@H]2O)CCN1. The number of carbonyl (C=O) groups is 2. The number of halogens is 3. The Balaban J connectivity index is 1.34. The molecule has 1 aliphatic heterocycles. The van der Waals surface area contributed by atoms with Crippen LogP contribution in [0.1, 0.15) is 37.9 Å². The zero-order valence-electron chi connectivity index (χ0n) is 18.1. The maximum atomic E-state index is 13.4. The Bertz CT molecular complexity index is 1010. The summed E-state index contributed by atoms with van der Waals surface area (Å²) in [5, 5.41) is 16.4. The number of piperazine rings is 1. The minimum Gasteiger partial charge on any atom is -0.389 e. The van der Waals surface area contributed by atoms with Gasteiger partial charge in [0.05, 0.1) is 29.7 Å². The van der Waals surface area contributed by atoms with Crippen molar-refractivity contribution in [3.8, 4) is 0 Å². The number of alkyl halides is 3. The molecule has 8 nitrogen and oxygen atoms in total. The van der Waals surface area contributed by atoms with Crippen LogP contribution >= 0.6 is 0 Å². The Morgan fingerprint density at radius 2 is 2.06 bits per heavy atom. The van der Waals surface area contributed by atoms with Crippen molar-refractivity contribution in [1.29, 1.82) is 0 Å². The van der Waals surface area contributed by atoms with E-state index >= 15 is 0 Å². The molecule has 180 valence electrons.